The number of carbonyl (C=O) groups is 1. The predicted octanol–water partition coefficient (Wildman–Crippen LogP) is 2.22. The lowest BCUT2D eigenvalue weighted by Gasteiger charge is -2.36. The number of rotatable bonds is 4. The van der Waals surface area contributed by atoms with E-state index >= 15 is 0 Å². The van der Waals surface area contributed by atoms with Crippen molar-refractivity contribution in [2.24, 2.45) is 5.92 Å². The van der Waals surface area contributed by atoms with Gasteiger partial charge in [-0.3, -0.25) is 9.78 Å². The predicted molar refractivity (Wildman–Crippen MR) is 88.7 cm³/mol. The molecule has 1 aromatic carbocycles. The molecule has 1 saturated heterocycles. The highest BCUT2D eigenvalue weighted by atomic mass is 19.1. The van der Waals surface area contributed by atoms with Gasteiger partial charge in [-0.25, -0.2) is 4.39 Å². The van der Waals surface area contributed by atoms with E-state index in [4.69, 9.17) is 0 Å². The van der Waals surface area contributed by atoms with Crippen LogP contribution in [-0.2, 0) is 17.6 Å². The minimum atomic E-state index is -0.433. The zero-order valence-corrected chi connectivity index (χ0v) is 13.4. The van der Waals surface area contributed by atoms with Gasteiger partial charge in [-0.1, -0.05) is 18.2 Å². The summed E-state index contributed by atoms with van der Waals surface area (Å²) >= 11 is 0. The summed E-state index contributed by atoms with van der Waals surface area (Å²) in [6.45, 7) is 1.10. The summed E-state index contributed by atoms with van der Waals surface area (Å²) < 4.78 is 13.0. The fraction of sp³-hybridized carbons (Fsp3) is 0.368. The van der Waals surface area contributed by atoms with Crippen LogP contribution in [0, 0.1) is 11.7 Å². The van der Waals surface area contributed by atoms with E-state index in [1.165, 1.54) is 12.1 Å². The Labute approximate surface area is 141 Å². The van der Waals surface area contributed by atoms with E-state index in [1.807, 2.05) is 17.0 Å². The SMILES string of the molecule is O=C(Cc1cccnc1)N1CC[C@H](O)[C@H](Cc2ccc(F)cc2)C1. The van der Waals surface area contributed by atoms with Crippen molar-refractivity contribution in [1.29, 1.82) is 0 Å². The van der Waals surface area contributed by atoms with Gasteiger partial charge in [0.2, 0.25) is 5.91 Å². The number of nitrogens with zero attached hydrogens (tertiary/aromatic N) is 2. The number of aliphatic hydroxyl groups is 1. The van der Waals surface area contributed by atoms with Crippen molar-refractivity contribution in [2.75, 3.05) is 13.1 Å². The summed E-state index contributed by atoms with van der Waals surface area (Å²) in [4.78, 5) is 18.3. The van der Waals surface area contributed by atoms with Crippen LogP contribution in [0.4, 0.5) is 4.39 Å². The molecule has 5 heteroatoms. The highest BCUT2D eigenvalue weighted by Gasteiger charge is 2.30. The number of piperidine rings is 1. The molecule has 126 valence electrons. The Morgan fingerprint density at radius 2 is 2.04 bits per heavy atom. The second kappa shape index (κ2) is 7.53. The smallest absolute Gasteiger partial charge is 0.227 e. The Hall–Kier alpha value is -2.27. The zero-order valence-electron chi connectivity index (χ0n) is 13.4. The Morgan fingerprint density at radius 1 is 1.25 bits per heavy atom. The van der Waals surface area contributed by atoms with Crippen LogP contribution in [0.3, 0.4) is 0 Å². The van der Waals surface area contributed by atoms with Gasteiger partial charge in [-0.05, 0) is 42.2 Å². The summed E-state index contributed by atoms with van der Waals surface area (Å²) in [7, 11) is 0. The molecule has 0 aliphatic carbocycles. The van der Waals surface area contributed by atoms with E-state index in [9.17, 15) is 14.3 Å². The molecule has 2 aromatic rings. The lowest BCUT2D eigenvalue weighted by atomic mass is 9.88. The van der Waals surface area contributed by atoms with Gasteiger partial charge in [-0.2, -0.15) is 0 Å². The minimum absolute atomic E-state index is 0.0259. The highest BCUT2D eigenvalue weighted by molar-refractivity contribution is 5.78. The first-order valence-corrected chi connectivity index (χ1v) is 8.21. The van der Waals surface area contributed by atoms with Gasteiger partial charge >= 0.3 is 0 Å². The summed E-state index contributed by atoms with van der Waals surface area (Å²) in [6.07, 6.45) is 4.49. The second-order valence-corrected chi connectivity index (χ2v) is 6.32. The van der Waals surface area contributed by atoms with Crippen LogP contribution < -0.4 is 0 Å². The molecule has 1 aromatic heterocycles. The average Bonchev–Trinajstić information content (AvgIpc) is 2.59. The number of halogens is 1. The Kier molecular flexibility index (Phi) is 5.20. The van der Waals surface area contributed by atoms with E-state index < -0.39 is 6.10 Å². The number of amides is 1. The van der Waals surface area contributed by atoms with Gasteiger partial charge in [0, 0.05) is 31.4 Å². The maximum Gasteiger partial charge on any atom is 0.227 e. The summed E-state index contributed by atoms with van der Waals surface area (Å²) in [6, 6.07) is 10.0. The van der Waals surface area contributed by atoms with E-state index in [2.05, 4.69) is 4.98 Å². The van der Waals surface area contributed by atoms with Crippen molar-refractivity contribution >= 4 is 5.91 Å². The monoisotopic (exact) mass is 328 g/mol. The number of likely N-dealkylation sites (tertiary alicyclic amines) is 1. The van der Waals surface area contributed by atoms with Crippen LogP contribution >= 0.6 is 0 Å². The van der Waals surface area contributed by atoms with Crippen LogP contribution in [0.5, 0.6) is 0 Å². The zero-order chi connectivity index (χ0) is 16.9. The molecule has 1 amide bonds. The quantitative estimate of drug-likeness (QED) is 0.936. The summed E-state index contributed by atoms with van der Waals surface area (Å²) in [5.41, 5.74) is 1.87. The number of aliphatic hydroxyl groups excluding tert-OH is 1. The number of carbonyl (C=O) groups excluding carboxylic acids is 1. The first-order chi connectivity index (χ1) is 11.6. The Bertz CT molecular complexity index is 676. The van der Waals surface area contributed by atoms with Crippen molar-refractivity contribution in [1.82, 2.24) is 9.88 Å². The van der Waals surface area contributed by atoms with Crippen LogP contribution in [0.15, 0.2) is 48.8 Å². The third-order valence-electron chi connectivity index (χ3n) is 4.54. The van der Waals surface area contributed by atoms with E-state index in [0.717, 1.165) is 11.1 Å². The van der Waals surface area contributed by atoms with Gasteiger partial charge < -0.3 is 10.0 Å². The molecule has 1 N–H and O–H groups in total. The standard InChI is InChI=1S/C19H21FN2O2/c20-17-5-3-14(4-6-17)10-16-13-22(9-7-18(16)23)19(24)11-15-2-1-8-21-12-15/h1-6,8,12,16,18,23H,7,9-11,13H2/t16-,18+/m1/s1. The fourth-order valence-corrected chi connectivity index (χ4v) is 3.16. The lowest BCUT2D eigenvalue weighted by molar-refractivity contribution is -0.134. The molecule has 2 atom stereocenters. The van der Waals surface area contributed by atoms with Gasteiger partial charge in [-0.15, -0.1) is 0 Å². The maximum absolute atomic E-state index is 13.0. The lowest BCUT2D eigenvalue weighted by Crippen LogP contribution is -2.47. The molecule has 1 fully saturated rings. The first kappa shape index (κ1) is 16.6. The number of pyridine rings is 1. The van der Waals surface area contributed by atoms with Crippen molar-refractivity contribution in [3.63, 3.8) is 0 Å². The Balaban J connectivity index is 1.62. The molecule has 4 nitrogen and oxygen atoms in total. The van der Waals surface area contributed by atoms with Gasteiger partial charge in [0.1, 0.15) is 5.82 Å². The molecule has 24 heavy (non-hydrogen) atoms. The third-order valence-corrected chi connectivity index (χ3v) is 4.54. The largest absolute Gasteiger partial charge is 0.393 e. The van der Waals surface area contributed by atoms with Crippen molar-refractivity contribution in [2.45, 2.75) is 25.4 Å². The topological polar surface area (TPSA) is 53.4 Å². The fourth-order valence-electron chi connectivity index (χ4n) is 3.16. The summed E-state index contributed by atoms with van der Waals surface area (Å²) in [5.74, 6) is -0.239. The van der Waals surface area contributed by atoms with Crippen LogP contribution in [-0.4, -0.2) is 40.1 Å². The molecule has 2 heterocycles. The average molecular weight is 328 g/mol. The molecule has 0 unspecified atom stereocenters. The molecular formula is C19H21FN2O2. The molecule has 0 radical (unpaired) electrons. The third kappa shape index (κ3) is 4.17. The van der Waals surface area contributed by atoms with E-state index in [0.29, 0.717) is 32.4 Å². The minimum Gasteiger partial charge on any atom is -0.393 e. The normalized spacial score (nSPS) is 20.8. The number of hydrogen-bond acceptors (Lipinski definition) is 3. The van der Waals surface area contributed by atoms with Crippen LogP contribution in [0.1, 0.15) is 17.5 Å². The van der Waals surface area contributed by atoms with Crippen molar-refractivity contribution in [3.05, 3.63) is 65.7 Å². The van der Waals surface area contributed by atoms with Crippen molar-refractivity contribution < 1.29 is 14.3 Å². The van der Waals surface area contributed by atoms with Gasteiger partial charge in [0.05, 0.1) is 12.5 Å². The molecule has 1 aliphatic rings. The van der Waals surface area contributed by atoms with Crippen LogP contribution in [0.2, 0.25) is 0 Å². The Morgan fingerprint density at radius 3 is 2.75 bits per heavy atom. The molecule has 1 aliphatic heterocycles. The van der Waals surface area contributed by atoms with Crippen LogP contribution in [0.25, 0.3) is 0 Å². The number of benzene rings is 1. The molecule has 0 spiro atoms. The molecule has 0 saturated carbocycles. The molecule has 0 bridgehead atoms. The van der Waals surface area contributed by atoms with Gasteiger partial charge in [0.15, 0.2) is 0 Å². The molecular weight excluding hydrogens is 307 g/mol. The van der Waals surface area contributed by atoms with Crippen molar-refractivity contribution in [3.8, 4) is 0 Å². The highest BCUT2D eigenvalue weighted by Crippen LogP contribution is 2.22. The first-order valence-electron chi connectivity index (χ1n) is 8.21. The van der Waals surface area contributed by atoms with E-state index in [-0.39, 0.29) is 17.6 Å². The van der Waals surface area contributed by atoms with E-state index in [1.54, 1.807) is 24.5 Å². The van der Waals surface area contributed by atoms with Gasteiger partial charge in [0.25, 0.3) is 0 Å². The number of aromatic nitrogens is 1. The maximum atomic E-state index is 13.0. The molecule has 3 rings (SSSR count). The summed E-state index contributed by atoms with van der Waals surface area (Å²) in [5, 5.41) is 10.3. The number of hydrogen-bond donors (Lipinski definition) is 1. The second-order valence-electron chi connectivity index (χ2n) is 6.32.